The number of ether oxygens (including phenoxy) is 2. The second-order valence-corrected chi connectivity index (χ2v) is 13.0. The summed E-state index contributed by atoms with van der Waals surface area (Å²) < 4.78 is 11.8. The Kier molecular flexibility index (Phi) is 8.80. The third-order valence-electron chi connectivity index (χ3n) is 8.63. The zero-order valence-electron chi connectivity index (χ0n) is 25.1. The molecule has 3 N–H and O–H groups in total. The summed E-state index contributed by atoms with van der Waals surface area (Å²) in [5.74, 6) is -1.75. The summed E-state index contributed by atoms with van der Waals surface area (Å²) in [5, 5.41) is 17.4. The minimum absolute atomic E-state index is 0.0812. The van der Waals surface area contributed by atoms with E-state index in [1.807, 2.05) is 30.3 Å². The normalized spacial score (nSPS) is 28.5. The van der Waals surface area contributed by atoms with Crippen LogP contribution in [-0.4, -0.2) is 74.7 Å². The minimum Gasteiger partial charge on any atom is -0.479 e. The topological polar surface area (TPSA) is 147 Å². The number of amides is 3. The first-order valence-corrected chi connectivity index (χ1v) is 15.3. The first-order chi connectivity index (χ1) is 20.5. The van der Waals surface area contributed by atoms with E-state index in [1.54, 1.807) is 27.0 Å². The molecule has 3 heterocycles. The lowest BCUT2D eigenvalue weighted by Crippen LogP contribution is -2.56. The Balaban J connectivity index is 1.43. The fraction of sp³-hybridized carbons (Fsp3) is 0.594. The van der Waals surface area contributed by atoms with E-state index in [4.69, 9.17) is 9.47 Å². The summed E-state index contributed by atoms with van der Waals surface area (Å²) in [4.78, 5) is 58.9. The van der Waals surface area contributed by atoms with Crippen molar-refractivity contribution < 1.29 is 33.8 Å². The number of aromatic nitrogens is 1. The number of benzene rings is 1. The number of carboxylic acid groups (broad SMARTS) is 1. The molecule has 5 atom stereocenters. The number of nitrogens with zero attached hydrogens (tertiary/aromatic N) is 2. The number of nitrogens with one attached hydrogen (secondary N) is 2. The zero-order chi connectivity index (χ0) is 30.8. The van der Waals surface area contributed by atoms with Gasteiger partial charge in [0.15, 0.2) is 0 Å². The van der Waals surface area contributed by atoms with Crippen molar-refractivity contribution >= 4 is 34.6 Å². The number of hydrogen-bond acceptors (Lipinski definition) is 7. The standard InChI is InChI=1S/C32H42N4O7/c1-31(2,3)43-30(41)34-24-14-8-6-4-5-7-12-21-18-32(21,29(39)40)35-26(37)25-17-22(19-36(25)28(24)38)42-27-23-13-10-9-11-20(23)15-16-33-27/h9-11,13,15-16,21-22,24-25H,4-8,12,14,17-19H2,1-3H3,(H,34,41)(H,35,37)(H,39,40)/t21-,22-,24+,25+,32-/m1/s1. The molecule has 1 aromatic heterocycles. The summed E-state index contributed by atoms with van der Waals surface area (Å²) in [6.45, 7) is 5.33. The van der Waals surface area contributed by atoms with Crippen molar-refractivity contribution in [3.63, 3.8) is 0 Å². The molecule has 2 saturated heterocycles. The number of fused-ring (bicyclic) bond motifs is 3. The monoisotopic (exact) mass is 594 g/mol. The predicted octanol–water partition coefficient (Wildman–Crippen LogP) is 4.18. The third-order valence-corrected chi connectivity index (χ3v) is 8.63. The van der Waals surface area contributed by atoms with Crippen LogP contribution in [-0.2, 0) is 19.1 Å². The molecule has 2 aromatic rings. The maximum atomic E-state index is 14.1. The molecule has 3 amide bonds. The van der Waals surface area contributed by atoms with Gasteiger partial charge in [0.2, 0.25) is 17.7 Å². The van der Waals surface area contributed by atoms with Gasteiger partial charge in [-0.25, -0.2) is 14.6 Å². The van der Waals surface area contributed by atoms with Crippen molar-refractivity contribution in [1.82, 2.24) is 20.5 Å². The van der Waals surface area contributed by atoms with Gasteiger partial charge in [-0.1, -0.05) is 50.3 Å². The maximum absolute atomic E-state index is 14.1. The van der Waals surface area contributed by atoms with E-state index < -0.39 is 53.2 Å². The van der Waals surface area contributed by atoms with Gasteiger partial charge in [-0.05, 0) is 63.5 Å². The van der Waals surface area contributed by atoms with Crippen LogP contribution in [0.1, 0.15) is 78.6 Å². The van der Waals surface area contributed by atoms with Gasteiger partial charge in [0, 0.05) is 18.0 Å². The number of alkyl carbamates (subject to hydrolysis) is 1. The average molecular weight is 595 g/mol. The van der Waals surface area contributed by atoms with Crippen molar-refractivity contribution in [2.45, 2.75) is 108 Å². The molecule has 11 heteroatoms. The third kappa shape index (κ3) is 7.02. The molecule has 43 heavy (non-hydrogen) atoms. The van der Waals surface area contributed by atoms with Crippen molar-refractivity contribution in [1.29, 1.82) is 0 Å². The van der Waals surface area contributed by atoms with E-state index >= 15 is 0 Å². The van der Waals surface area contributed by atoms with Crippen LogP contribution in [0.3, 0.4) is 0 Å². The second-order valence-electron chi connectivity index (χ2n) is 13.0. The van der Waals surface area contributed by atoms with Gasteiger partial charge in [-0.15, -0.1) is 0 Å². The summed E-state index contributed by atoms with van der Waals surface area (Å²) in [6.07, 6.45) is 6.33. The van der Waals surface area contributed by atoms with E-state index in [9.17, 15) is 24.3 Å². The number of carboxylic acids is 1. The zero-order valence-corrected chi connectivity index (χ0v) is 25.1. The highest BCUT2D eigenvalue weighted by atomic mass is 16.6. The number of pyridine rings is 1. The molecule has 1 aromatic carbocycles. The van der Waals surface area contributed by atoms with Crippen LogP contribution in [0.2, 0.25) is 0 Å². The van der Waals surface area contributed by atoms with Crippen LogP contribution in [0.15, 0.2) is 36.5 Å². The van der Waals surface area contributed by atoms with Gasteiger partial charge in [0.1, 0.15) is 29.3 Å². The summed E-state index contributed by atoms with van der Waals surface area (Å²) in [7, 11) is 0. The molecular weight excluding hydrogens is 552 g/mol. The van der Waals surface area contributed by atoms with Crippen LogP contribution in [0.25, 0.3) is 10.8 Å². The molecule has 0 bridgehead atoms. The summed E-state index contributed by atoms with van der Waals surface area (Å²) in [5.41, 5.74) is -2.07. The number of rotatable bonds is 4. The molecule has 3 aliphatic rings. The average Bonchev–Trinajstić information content (AvgIpc) is 3.48. The highest BCUT2D eigenvalue weighted by Crippen LogP contribution is 2.47. The SMILES string of the molecule is CC(C)(C)OC(=O)N[C@H]1CCCCCCC[C@@H]2C[C@@]2(C(=O)O)NC(=O)[C@@H]2C[C@@H](Oc3nccc4ccccc34)CN2C1=O. The highest BCUT2D eigenvalue weighted by molar-refractivity contribution is 5.96. The van der Waals surface area contributed by atoms with E-state index in [2.05, 4.69) is 15.6 Å². The van der Waals surface area contributed by atoms with Crippen molar-refractivity contribution in [2.24, 2.45) is 5.92 Å². The fourth-order valence-electron chi connectivity index (χ4n) is 6.35. The van der Waals surface area contributed by atoms with E-state index in [-0.39, 0.29) is 18.9 Å². The quantitative estimate of drug-likeness (QED) is 0.478. The first-order valence-electron chi connectivity index (χ1n) is 15.3. The van der Waals surface area contributed by atoms with Crippen LogP contribution >= 0.6 is 0 Å². The van der Waals surface area contributed by atoms with Crippen LogP contribution < -0.4 is 15.4 Å². The molecule has 1 saturated carbocycles. The Morgan fingerprint density at radius 2 is 1.79 bits per heavy atom. The van der Waals surface area contributed by atoms with Crippen LogP contribution in [0, 0.1) is 5.92 Å². The van der Waals surface area contributed by atoms with Gasteiger partial charge in [0.05, 0.1) is 6.54 Å². The van der Waals surface area contributed by atoms with Gasteiger partial charge in [-0.2, -0.15) is 0 Å². The molecule has 11 nitrogen and oxygen atoms in total. The molecule has 2 aliphatic heterocycles. The first kappa shape index (κ1) is 30.6. The lowest BCUT2D eigenvalue weighted by atomic mass is 10.0. The molecule has 0 unspecified atom stereocenters. The highest BCUT2D eigenvalue weighted by Gasteiger charge is 2.62. The lowest BCUT2D eigenvalue weighted by molar-refractivity contribution is -0.146. The molecule has 1 aliphatic carbocycles. The van der Waals surface area contributed by atoms with Gasteiger partial charge >= 0.3 is 12.1 Å². The molecule has 0 radical (unpaired) electrons. The van der Waals surface area contributed by atoms with E-state index in [1.165, 1.54) is 4.90 Å². The number of carbonyl (C=O) groups is 4. The summed E-state index contributed by atoms with van der Waals surface area (Å²) in [6, 6.07) is 7.64. The Labute approximate surface area is 251 Å². The number of hydrogen-bond donors (Lipinski definition) is 3. The fourth-order valence-corrected chi connectivity index (χ4v) is 6.35. The van der Waals surface area contributed by atoms with Crippen LogP contribution in [0.5, 0.6) is 5.88 Å². The van der Waals surface area contributed by atoms with Gasteiger partial charge < -0.3 is 30.1 Å². The van der Waals surface area contributed by atoms with Crippen molar-refractivity contribution in [3.05, 3.63) is 36.5 Å². The van der Waals surface area contributed by atoms with Gasteiger partial charge in [-0.3, -0.25) is 9.59 Å². The largest absolute Gasteiger partial charge is 0.479 e. The van der Waals surface area contributed by atoms with Crippen LogP contribution in [0.4, 0.5) is 4.79 Å². The van der Waals surface area contributed by atoms with Crippen molar-refractivity contribution in [3.8, 4) is 5.88 Å². The lowest BCUT2D eigenvalue weighted by Gasteiger charge is -2.30. The Hall–Kier alpha value is -3.89. The number of aliphatic carboxylic acids is 1. The second kappa shape index (κ2) is 12.4. The Bertz CT molecular complexity index is 1370. The predicted molar refractivity (Wildman–Crippen MR) is 158 cm³/mol. The number of carbonyl (C=O) groups excluding carboxylic acids is 3. The van der Waals surface area contributed by atoms with Crippen molar-refractivity contribution in [2.75, 3.05) is 6.54 Å². The molecular formula is C32H42N4O7. The Morgan fingerprint density at radius 3 is 2.53 bits per heavy atom. The molecule has 0 spiro atoms. The van der Waals surface area contributed by atoms with Gasteiger partial charge in [0.25, 0.3) is 0 Å². The molecule has 5 rings (SSSR count). The van der Waals surface area contributed by atoms with E-state index in [0.29, 0.717) is 25.1 Å². The Morgan fingerprint density at radius 1 is 1.07 bits per heavy atom. The van der Waals surface area contributed by atoms with E-state index in [0.717, 1.165) is 42.9 Å². The minimum atomic E-state index is -1.32. The summed E-state index contributed by atoms with van der Waals surface area (Å²) >= 11 is 0. The molecule has 232 valence electrons. The smallest absolute Gasteiger partial charge is 0.408 e. The maximum Gasteiger partial charge on any atom is 0.408 e. The molecule has 3 fully saturated rings.